The Labute approximate surface area is 174 Å². The first-order chi connectivity index (χ1) is 13.8. The summed E-state index contributed by atoms with van der Waals surface area (Å²) in [5.41, 5.74) is 1.21. The van der Waals surface area contributed by atoms with Gasteiger partial charge >= 0.3 is 0 Å². The molecule has 3 aliphatic heterocycles. The van der Waals surface area contributed by atoms with E-state index in [1.807, 2.05) is 7.05 Å². The van der Waals surface area contributed by atoms with Crippen LogP contribution in [-0.2, 0) is 6.42 Å². The fourth-order valence-corrected chi connectivity index (χ4v) is 5.69. The van der Waals surface area contributed by atoms with E-state index in [0.29, 0.717) is 0 Å². The van der Waals surface area contributed by atoms with E-state index in [1.54, 1.807) is 11.3 Å². The summed E-state index contributed by atoms with van der Waals surface area (Å²) >= 11 is 1.80. The lowest BCUT2D eigenvalue weighted by atomic mass is 10.1. The van der Waals surface area contributed by atoms with Crippen molar-refractivity contribution in [1.29, 1.82) is 0 Å². The molecule has 0 radical (unpaired) electrons. The number of piperidine rings is 1. The smallest absolute Gasteiger partial charge is 0.193 e. The molecule has 7 heteroatoms. The average molecular weight is 405 g/mol. The molecule has 28 heavy (non-hydrogen) atoms. The number of hydrogen-bond acceptors (Lipinski definition) is 5. The van der Waals surface area contributed by atoms with E-state index in [4.69, 9.17) is 4.98 Å². The zero-order valence-electron chi connectivity index (χ0n) is 17.4. The van der Waals surface area contributed by atoms with Crippen LogP contribution in [0.4, 0.5) is 5.13 Å². The van der Waals surface area contributed by atoms with Crippen molar-refractivity contribution >= 4 is 22.4 Å². The molecular formula is C21H36N6S. The molecule has 4 heterocycles. The van der Waals surface area contributed by atoms with Crippen molar-refractivity contribution in [2.75, 3.05) is 64.3 Å². The van der Waals surface area contributed by atoms with Crippen LogP contribution in [-0.4, -0.2) is 80.1 Å². The summed E-state index contributed by atoms with van der Waals surface area (Å²) in [6.07, 6.45) is 9.06. The lowest BCUT2D eigenvalue weighted by molar-refractivity contribution is 0.198. The molecular weight excluding hydrogens is 368 g/mol. The Balaban J connectivity index is 1.19. The molecule has 1 aromatic rings. The molecule has 1 N–H and O–H groups in total. The molecule has 0 saturated carbocycles. The second-order valence-corrected chi connectivity index (χ2v) is 9.34. The number of likely N-dealkylation sites (tertiary alicyclic amines) is 2. The maximum Gasteiger partial charge on any atom is 0.193 e. The fraction of sp³-hybridized carbons (Fsp3) is 0.810. The van der Waals surface area contributed by atoms with Gasteiger partial charge in [-0.3, -0.25) is 4.99 Å². The minimum atomic E-state index is 0.790. The number of aromatic nitrogens is 1. The third kappa shape index (κ3) is 5.17. The van der Waals surface area contributed by atoms with E-state index in [2.05, 4.69) is 30.4 Å². The van der Waals surface area contributed by atoms with Crippen molar-refractivity contribution in [1.82, 2.24) is 20.1 Å². The average Bonchev–Trinajstić information content (AvgIpc) is 3.47. The van der Waals surface area contributed by atoms with Gasteiger partial charge in [0.15, 0.2) is 11.1 Å². The van der Waals surface area contributed by atoms with Crippen LogP contribution in [0.15, 0.2) is 10.4 Å². The molecule has 156 valence electrons. The van der Waals surface area contributed by atoms with E-state index < -0.39 is 0 Å². The van der Waals surface area contributed by atoms with Gasteiger partial charge in [0.2, 0.25) is 0 Å². The molecule has 0 bridgehead atoms. The molecule has 3 saturated heterocycles. The number of nitrogens with one attached hydrogen (secondary N) is 1. The van der Waals surface area contributed by atoms with Gasteiger partial charge in [0, 0.05) is 58.1 Å². The van der Waals surface area contributed by atoms with E-state index >= 15 is 0 Å². The number of aliphatic imine (C=N–C) groups is 1. The van der Waals surface area contributed by atoms with Crippen LogP contribution in [0.25, 0.3) is 0 Å². The lowest BCUT2D eigenvalue weighted by Crippen LogP contribution is -2.42. The largest absolute Gasteiger partial charge is 0.356 e. The van der Waals surface area contributed by atoms with E-state index in [1.165, 1.54) is 82.1 Å². The van der Waals surface area contributed by atoms with E-state index in [0.717, 1.165) is 37.9 Å². The minimum absolute atomic E-state index is 0.790. The Morgan fingerprint density at radius 3 is 2.71 bits per heavy atom. The molecule has 1 unspecified atom stereocenters. The first kappa shape index (κ1) is 20.0. The highest BCUT2D eigenvalue weighted by Gasteiger charge is 2.27. The minimum Gasteiger partial charge on any atom is -0.356 e. The number of rotatable bonds is 6. The van der Waals surface area contributed by atoms with Gasteiger partial charge in [-0.1, -0.05) is 6.42 Å². The maximum absolute atomic E-state index is 4.83. The standard InChI is InChI=1S/C21H36N6S/c1-22-20(27-14-8-18(16-27)15-25-10-3-2-4-11-25)23-9-7-19-17-28-21(24-19)26-12-5-6-13-26/h17-18H,2-16H2,1H3,(H,22,23). The number of anilines is 1. The van der Waals surface area contributed by atoms with Crippen molar-refractivity contribution in [2.24, 2.45) is 10.9 Å². The molecule has 4 rings (SSSR count). The summed E-state index contributed by atoms with van der Waals surface area (Å²) in [4.78, 5) is 16.9. The lowest BCUT2D eigenvalue weighted by Gasteiger charge is -2.29. The molecule has 3 aliphatic rings. The normalized spacial score (nSPS) is 24.3. The SMILES string of the molecule is CN=C(NCCc1csc(N2CCCC2)n1)N1CCC(CN2CCCCC2)C1. The molecule has 0 spiro atoms. The highest BCUT2D eigenvalue weighted by molar-refractivity contribution is 7.13. The van der Waals surface area contributed by atoms with Crippen molar-refractivity contribution in [3.05, 3.63) is 11.1 Å². The van der Waals surface area contributed by atoms with Gasteiger partial charge in [-0.05, 0) is 51.1 Å². The van der Waals surface area contributed by atoms with Gasteiger partial charge < -0.3 is 20.0 Å². The zero-order chi connectivity index (χ0) is 19.2. The second-order valence-electron chi connectivity index (χ2n) is 8.50. The summed E-state index contributed by atoms with van der Waals surface area (Å²) in [5.74, 6) is 1.86. The number of guanidine groups is 1. The molecule has 0 aliphatic carbocycles. The van der Waals surface area contributed by atoms with Crippen LogP contribution >= 0.6 is 11.3 Å². The highest BCUT2D eigenvalue weighted by Crippen LogP contribution is 2.24. The monoisotopic (exact) mass is 404 g/mol. The third-order valence-electron chi connectivity index (χ3n) is 6.34. The van der Waals surface area contributed by atoms with E-state index in [9.17, 15) is 0 Å². The summed E-state index contributed by atoms with van der Waals surface area (Å²) in [6, 6.07) is 0. The number of nitrogens with zero attached hydrogens (tertiary/aromatic N) is 5. The van der Waals surface area contributed by atoms with Crippen molar-refractivity contribution in [3.63, 3.8) is 0 Å². The predicted octanol–water partition coefficient (Wildman–Crippen LogP) is 2.67. The summed E-state index contributed by atoms with van der Waals surface area (Å²) in [6.45, 7) is 9.40. The van der Waals surface area contributed by atoms with Gasteiger partial charge in [-0.25, -0.2) is 4.98 Å². The van der Waals surface area contributed by atoms with Crippen LogP contribution < -0.4 is 10.2 Å². The Morgan fingerprint density at radius 1 is 1.14 bits per heavy atom. The van der Waals surface area contributed by atoms with Crippen LogP contribution in [0.1, 0.15) is 44.2 Å². The van der Waals surface area contributed by atoms with Crippen LogP contribution in [0.3, 0.4) is 0 Å². The number of hydrogen-bond donors (Lipinski definition) is 1. The van der Waals surface area contributed by atoms with Crippen molar-refractivity contribution in [3.8, 4) is 0 Å². The Hall–Kier alpha value is -1.34. The first-order valence-electron chi connectivity index (χ1n) is 11.2. The summed E-state index contributed by atoms with van der Waals surface area (Å²) in [7, 11) is 1.91. The second kappa shape index (κ2) is 9.92. The Morgan fingerprint density at radius 2 is 1.93 bits per heavy atom. The molecule has 3 fully saturated rings. The predicted molar refractivity (Wildman–Crippen MR) is 119 cm³/mol. The zero-order valence-corrected chi connectivity index (χ0v) is 18.2. The van der Waals surface area contributed by atoms with Crippen molar-refractivity contribution in [2.45, 2.75) is 44.9 Å². The number of thiazole rings is 1. The molecule has 6 nitrogen and oxygen atoms in total. The fourth-order valence-electron chi connectivity index (χ4n) is 4.78. The third-order valence-corrected chi connectivity index (χ3v) is 7.29. The highest BCUT2D eigenvalue weighted by atomic mass is 32.1. The Bertz CT molecular complexity index is 633. The summed E-state index contributed by atoms with van der Waals surface area (Å²) < 4.78 is 0. The summed E-state index contributed by atoms with van der Waals surface area (Å²) in [5, 5.41) is 7.01. The first-order valence-corrected chi connectivity index (χ1v) is 12.1. The van der Waals surface area contributed by atoms with Crippen LogP contribution in [0.5, 0.6) is 0 Å². The van der Waals surface area contributed by atoms with Gasteiger partial charge in [-0.15, -0.1) is 11.3 Å². The van der Waals surface area contributed by atoms with Gasteiger partial charge in [0.05, 0.1) is 5.69 Å². The van der Waals surface area contributed by atoms with Crippen LogP contribution in [0.2, 0.25) is 0 Å². The van der Waals surface area contributed by atoms with Crippen LogP contribution in [0, 0.1) is 5.92 Å². The molecule has 1 atom stereocenters. The Kier molecular flexibility index (Phi) is 7.07. The van der Waals surface area contributed by atoms with Gasteiger partial charge in [0.1, 0.15) is 0 Å². The van der Waals surface area contributed by atoms with Gasteiger partial charge in [-0.2, -0.15) is 0 Å². The van der Waals surface area contributed by atoms with Crippen molar-refractivity contribution < 1.29 is 0 Å². The molecule has 1 aromatic heterocycles. The topological polar surface area (TPSA) is 47.0 Å². The molecule has 0 amide bonds. The quantitative estimate of drug-likeness (QED) is 0.583. The maximum atomic E-state index is 4.83. The molecule has 0 aromatic carbocycles. The van der Waals surface area contributed by atoms with Gasteiger partial charge in [0.25, 0.3) is 0 Å². The van der Waals surface area contributed by atoms with E-state index in [-0.39, 0.29) is 0 Å².